The van der Waals surface area contributed by atoms with Gasteiger partial charge in [-0.15, -0.1) is 0 Å². The molecule has 38 heavy (non-hydrogen) atoms. The summed E-state index contributed by atoms with van der Waals surface area (Å²) in [5.41, 5.74) is 1.44. The van der Waals surface area contributed by atoms with E-state index in [1.54, 1.807) is 0 Å². The highest BCUT2D eigenvalue weighted by Crippen LogP contribution is 2.38. The molecule has 2 N–H and O–H groups in total. The molecule has 3 aromatic carbocycles. The monoisotopic (exact) mass is 589 g/mol. The van der Waals surface area contributed by atoms with Crippen molar-refractivity contribution in [2.75, 3.05) is 12.4 Å². The van der Waals surface area contributed by atoms with Gasteiger partial charge in [0.25, 0.3) is 5.69 Å². The maximum atomic E-state index is 13.9. The number of halogens is 2. The van der Waals surface area contributed by atoms with Gasteiger partial charge in [-0.05, 0) is 49.4 Å². The number of hydrazone groups is 1. The fourth-order valence-electron chi connectivity index (χ4n) is 2.96. The molecule has 0 heterocycles. The Morgan fingerprint density at radius 2 is 1.66 bits per heavy atom. The van der Waals surface area contributed by atoms with Crippen LogP contribution in [0.5, 0.6) is 17.2 Å². The minimum atomic E-state index is -1.15. The van der Waals surface area contributed by atoms with E-state index in [4.69, 9.17) is 9.47 Å². The van der Waals surface area contributed by atoms with Crippen LogP contribution in [0.15, 0.2) is 64.2 Å². The maximum Gasteiger partial charge on any atom is 0.329 e. The smallest absolute Gasteiger partial charge is 0.329 e. The van der Waals surface area contributed by atoms with E-state index in [-0.39, 0.29) is 28.6 Å². The lowest BCUT2D eigenvalue weighted by molar-refractivity contribution is -0.394. The summed E-state index contributed by atoms with van der Waals surface area (Å²) in [4.78, 5) is 44.9. The molecule has 0 fully saturated rings. The zero-order valence-electron chi connectivity index (χ0n) is 19.6. The Labute approximate surface area is 221 Å². The molecular formula is C23H17BrFN5O8. The summed E-state index contributed by atoms with van der Waals surface area (Å²) in [6.07, 6.45) is 0. The molecule has 13 nitrogen and oxygen atoms in total. The SMILES string of the molecule is COc1cc(/C(C)=N/NC(=O)C(=O)Nc2ccc(Br)cc2F)ccc1Oc1ccc([N+](=O)[O-])cc1[N+](=O)[O-]. The average Bonchev–Trinajstić information content (AvgIpc) is 2.88. The number of nitro groups is 2. The molecule has 0 aliphatic rings. The summed E-state index contributed by atoms with van der Waals surface area (Å²) in [6, 6.07) is 11.2. The molecule has 3 aromatic rings. The van der Waals surface area contributed by atoms with Crippen LogP contribution in [-0.4, -0.2) is 34.5 Å². The normalized spacial score (nSPS) is 10.9. The van der Waals surface area contributed by atoms with E-state index in [1.807, 2.05) is 0 Å². The Morgan fingerprint density at radius 3 is 2.29 bits per heavy atom. The zero-order valence-corrected chi connectivity index (χ0v) is 21.1. The van der Waals surface area contributed by atoms with Crippen molar-refractivity contribution in [2.45, 2.75) is 6.92 Å². The molecule has 0 unspecified atom stereocenters. The number of amides is 2. The quantitative estimate of drug-likeness (QED) is 0.164. The topological polar surface area (TPSA) is 175 Å². The standard InChI is InChI=1S/C23H17BrFN5O8/c1-12(27-28-23(32)22(31)26-17-6-4-14(24)10-16(17)25)13-3-7-20(21(9-13)37-2)38-19-8-5-15(29(33)34)11-18(19)30(35)36/h3-11H,1-2H3,(H,26,31)(H,28,32)/b27-12+. The van der Waals surface area contributed by atoms with Crippen LogP contribution in [0.1, 0.15) is 12.5 Å². The van der Waals surface area contributed by atoms with E-state index in [2.05, 4.69) is 31.8 Å². The van der Waals surface area contributed by atoms with Crippen molar-refractivity contribution < 1.29 is 33.3 Å². The predicted molar refractivity (Wildman–Crippen MR) is 136 cm³/mol. The molecule has 3 rings (SSSR count). The number of nitrogens with zero attached hydrogens (tertiary/aromatic N) is 3. The van der Waals surface area contributed by atoms with Gasteiger partial charge in [-0.2, -0.15) is 5.10 Å². The second-order valence-corrected chi connectivity index (χ2v) is 8.27. The van der Waals surface area contributed by atoms with Gasteiger partial charge in [0.2, 0.25) is 5.75 Å². The van der Waals surface area contributed by atoms with E-state index < -0.39 is 38.9 Å². The number of non-ortho nitro benzene ring substituents is 1. The number of carbonyl (C=O) groups excluding carboxylic acids is 2. The molecule has 0 saturated carbocycles. The number of anilines is 1. The lowest BCUT2D eigenvalue weighted by atomic mass is 10.1. The van der Waals surface area contributed by atoms with E-state index in [9.17, 15) is 34.2 Å². The molecule has 0 radical (unpaired) electrons. The first kappa shape index (κ1) is 27.7. The molecule has 0 aliphatic heterocycles. The highest BCUT2D eigenvalue weighted by molar-refractivity contribution is 9.10. The maximum absolute atomic E-state index is 13.9. The summed E-state index contributed by atoms with van der Waals surface area (Å²) in [5, 5.41) is 28.3. The molecular weight excluding hydrogens is 573 g/mol. The van der Waals surface area contributed by atoms with E-state index in [1.165, 1.54) is 44.4 Å². The summed E-state index contributed by atoms with van der Waals surface area (Å²) < 4.78 is 25.2. The Hall–Kier alpha value is -4.92. The van der Waals surface area contributed by atoms with Crippen molar-refractivity contribution in [1.29, 1.82) is 0 Å². The molecule has 0 aliphatic carbocycles. The van der Waals surface area contributed by atoms with Crippen LogP contribution in [0.4, 0.5) is 21.5 Å². The number of ether oxygens (including phenoxy) is 2. The van der Waals surface area contributed by atoms with E-state index in [0.717, 1.165) is 24.3 Å². The number of hydrogen-bond acceptors (Lipinski definition) is 9. The number of carbonyl (C=O) groups is 2. The second kappa shape index (κ2) is 11.9. The van der Waals surface area contributed by atoms with E-state index >= 15 is 0 Å². The first-order valence-corrected chi connectivity index (χ1v) is 11.2. The lowest BCUT2D eigenvalue weighted by Crippen LogP contribution is -2.33. The van der Waals surface area contributed by atoms with Gasteiger partial charge in [-0.1, -0.05) is 15.9 Å². The molecule has 0 spiro atoms. The van der Waals surface area contributed by atoms with Gasteiger partial charge in [-0.25, -0.2) is 9.82 Å². The van der Waals surface area contributed by atoms with Gasteiger partial charge in [0.05, 0.1) is 34.4 Å². The molecule has 0 aromatic heterocycles. The van der Waals surface area contributed by atoms with Crippen LogP contribution in [0, 0.1) is 26.0 Å². The zero-order chi connectivity index (χ0) is 28.0. The summed E-state index contributed by atoms with van der Waals surface area (Å²) in [5.74, 6) is -3.11. The van der Waals surface area contributed by atoms with Gasteiger partial charge in [0, 0.05) is 16.1 Å². The molecule has 0 saturated heterocycles. The Balaban J connectivity index is 1.75. The fourth-order valence-corrected chi connectivity index (χ4v) is 3.30. The Kier molecular flexibility index (Phi) is 8.65. The molecule has 0 atom stereocenters. The van der Waals surface area contributed by atoms with Gasteiger partial charge in [0.1, 0.15) is 5.82 Å². The largest absolute Gasteiger partial charge is 0.493 e. The van der Waals surface area contributed by atoms with Crippen molar-refractivity contribution in [2.24, 2.45) is 5.10 Å². The average molecular weight is 590 g/mol. The Morgan fingerprint density at radius 1 is 0.947 bits per heavy atom. The van der Waals surface area contributed by atoms with Crippen LogP contribution in [0.3, 0.4) is 0 Å². The number of benzene rings is 3. The van der Waals surface area contributed by atoms with Crippen molar-refractivity contribution in [1.82, 2.24) is 5.43 Å². The second-order valence-electron chi connectivity index (χ2n) is 7.35. The van der Waals surface area contributed by atoms with Crippen LogP contribution in [-0.2, 0) is 9.59 Å². The summed E-state index contributed by atoms with van der Waals surface area (Å²) >= 11 is 3.09. The third-order valence-corrected chi connectivity index (χ3v) is 5.36. The van der Waals surface area contributed by atoms with Gasteiger partial charge in [-0.3, -0.25) is 29.8 Å². The van der Waals surface area contributed by atoms with Crippen molar-refractivity contribution in [3.05, 3.63) is 90.7 Å². The Bertz CT molecular complexity index is 1480. The molecule has 196 valence electrons. The number of methoxy groups -OCH3 is 1. The van der Waals surface area contributed by atoms with Crippen molar-refractivity contribution >= 4 is 50.5 Å². The minimum absolute atomic E-state index is 0.0564. The third kappa shape index (κ3) is 6.64. The predicted octanol–water partition coefficient (Wildman–Crippen LogP) is 4.68. The van der Waals surface area contributed by atoms with Crippen LogP contribution < -0.4 is 20.2 Å². The number of nitrogens with one attached hydrogen (secondary N) is 2. The summed E-state index contributed by atoms with van der Waals surface area (Å²) in [6.45, 7) is 1.52. The molecule has 0 bridgehead atoms. The number of rotatable bonds is 8. The van der Waals surface area contributed by atoms with E-state index in [0.29, 0.717) is 10.0 Å². The third-order valence-electron chi connectivity index (χ3n) is 4.86. The van der Waals surface area contributed by atoms with Gasteiger partial charge in [0.15, 0.2) is 11.5 Å². The minimum Gasteiger partial charge on any atom is -0.493 e. The fraction of sp³-hybridized carbons (Fsp3) is 0.0870. The van der Waals surface area contributed by atoms with Crippen LogP contribution in [0.2, 0.25) is 0 Å². The van der Waals surface area contributed by atoms with Crippen LogP contribution >= 0.6 is 15.9 Å². The number of nitro benzene ring substituents is 2. The van der Waals surface area contributed by atoms with Gasteiger partial charge >= 0.3 is 17.5 Å². The molecule has 15 heteroatoms. The van der Waals surface area contributed by atoms with Crippen LogP contribution in [0.25, 0.3) is 0 Å². The van der Waals surface area contributed by atoms with Crippen molar-refractivity contribution in [3.63, 3.8) is 0 Å². The van der Waals surface area contributed by atoms with Gasteiger partial charge < -0.3 is 14.8 Å². The number of hydrogen-bond donors (Lipinski definition) is 2. The highest BCUT2D eigenvalue weighted by atomic mass is 79.9. The highest BCUT2D eigenvalue weighted by Gasteiger charge is 2.22. The summed E-state index contributed by atoms with van der Waals surface area (Å²) in [7, 11) is 1.32. The first-order valence-electron chi connectivity index (χ1n) is 10.4. The molecule has 2 amide bonds. The van der Waals surface area contributed by atoms with Crippen molar-refractivity contribution in [3.8, 4) is 17.2 Å². The first-order chi connectivity index (χ1) is 18.0. The lowest BCUT2D eigenvalue weighted by Gasteiger charge is -2.12.